The summed E-state index contributed by atoms with van der Waals surface area (Å²) in [5, 5.41) is 3.59. The highest BCUT2D eigenvalue weighted by molar-refractivity contribution is 6.30. The topological polar surface area (TPSA) is 52.7 Å². The van der Waals surface area contributed by atoms with E-state index in [1.807, 2.05) is 78.6 Å². The Hall–Kier alpha value is -3.31. The lowest BCUT2D eigenvalue weighted by molar-refractivity contribution is 0.102. The molecular formula is C25H24ClN3O2. The van der Waals surface area contributed by atoms with Gasteiger partial charge in [-0.05, 0) is 66.9 Å². The van der Waals surface area contributed by atoms with E-state index < -0.39 is 0 Å². The molecular weight excluding hydrogens is 410 g/mol. The molecule has 4 rings (SSSR count). The second-order valence-corrected chi connectivity index (χ2v) is 8.09. The number of aryl methyl sites for hydroxylation is 1. The maximum atomic E-state index is 13.0. The number of nitrogens with one attached hydrogen (secondary N) is 1. The molecule has 0 aliphatic carbocycles. The number of halogens is 1. The fraction of sp³-hybridized carbons (Fsp3) is 0.200. The van der Waals surface area contributed by atoms with Crippen molar-refractivity contribution in [2.24, 2.45) is 0 Å². The largest absolute Gasteiger partial charge is 0.324 e. The first-order valence-corrected chi connectivity index (χ1v) is 10.7. The predicted octanol–water partition coefficient (Wildman–Crippen LogP) is 5.73. The smallest absolute Gasteiger partial charge is 0.322 e. The summed E-state index contributed by atoms with van der Waals surface area (Å²) in [6.07, 6.45) is 0.887. The Kier molecular flexibility index (Phi) is 6.23. The Morgan fingerprint density at radius 2 is 1.77 bits per heavy atom. The second-order valence-electron chi connectivity index (χ2n) is 7.66. The van der Waals surface area contributed by atoms with Crippen LogP contribution in [0.25, 0.3) is 0 Å². The van der Waals surface area contributed by atoms with E-state index in [0.717, 1.165) is 23.2 Å². The molecule has 1 N–H and O–H groups in total. The van der Waals surface area contributed by atoms with Crippen molar-refractivity contribution >= 4 is 34.9 Å². The average molecular weight is 434 g/mol. The minimum atomic E-state index is -0.146. The average Bonchev–Trinajstić information content (AvgIpc) is 2.76. The molecule has 158 valence electrons. The standard InChI is InChI=1S/C25H24ClN3O2/c1-18-6-2-3-9-23(18)24(30)27-21-10-12-22(13-11-21)29-15-5-14-28(25(29)31)17-19-7-4-8-20(26)16-19/h2-4,6-13,16H,5,14-15,17H2,1H3,(H,27,30). The number of carbonyl (C=O) groups is 2. The van der Waals surface area contributed by atoms with E-state index in [-0.39, 0.29) is 11.9 Å². The minimum Gasteiger partial charge on any atom is -0.322 e. The van der Waals surface area contributed by atoms with Gasteiger partial charge < -0.3 is 10.2 Å². The summed E-state index contributed by atoms with van der Waals surface area (Å²) in [4.78, 5) is 29.2. The van der Waals surface area contributed by atoms with Gasteiger partial charge in [-0.15, -0.1) is 0 Å². The molecule has 1 heterocycles. The highest BCUT2D eigenvalue weighted by Crippen LogP contribution is 2.24. The Morgan fingerprint density at radius 3 is 2.52 bits per heavy atom. The molecule has 3 aromatic carbocycles. The maximum Gasteiger partial charge on any atom is 0.324 e. The molecule has 5 nitrogen and oxygen atoms in total. The van der Waals surface area contributed by atoms with Crippen molar-refractivity contribution in [3.63, 3.8) is 0 Å². The summed E-state index contributed by atoms with van der Waals surface area (Å²) in [7, 11) is 0. The van der Waals surface area contributed by atoms with Crippen LogP contribution in [0.2, 0.25) is 5.02 Å². The zero-order valence-corrected chi connectivity index (χ0v) is 18.1. The molecule has 3 amide bonds. The summed E-state index contributed by atoms with van der Waals surface area (Å²) in [6, 6.07) is 22.4. The lowest BCUT2D eigenvalue weighted by atomic mass is 10.1. The van der Waals surface area contributed by atoms with Crippen LogP contribution >= 0.6 is 11.6 Å². The molecule has 31 heavy (non-hydrogen) atoms. The minimum absolute atomic E-state index is 0.0251. The molecule has 0 atom stereocenters. The van der Waals surface area contributed by atoms with Gasteiger partial charge in [-0.3, -0.25) is 9.69 Å². The molecule has 0 aromatic heterocycles. The van der Waals surface area contributed by atoms with Crippen LogP contribution in [0.1, 0.15) is 27.9 Å². The molecule has 0 unspecified atom stereocenters. The Morgan fingerprint density at radius 1 is 1.00 bits per heavy atom. The van der Waals surface area contributed by atoms with E-state index in [1.165, 1.54) is 0 Å². The lowest BCUT2D eigenvalue weighted by Crippen LogP contribution is -2.49. The Labute approximate surface area is 187 Å². The number of anilines is 2. The normalized spacial score (nSPS) is 13.9. The third-order valence-corrected chi connectivity index (χ3v) is 5.64. The molecule has 1 fully saturated rings. The van der Waals surface area contributed by atoms with Crippen LogP contribution in [0.4, 0.5) is 16.2 Å². The van der Waals surface area contributed by atoms with Crippen molar-refractivity contribution in [3.8, 4) is 0 Å². The highest BCUT2D eigenvalue weighted by Gasteiger charge is 2.26. The summed E-state index contributed by atoms with van der Waals surface area (Å²) in [5.41, 5.74) is 4.09. The van der Waals surface area contributed by atoms with E-state index in [1.54, 1.807) is 11.0 Å². The first-order chi connectivity index (χ1) is 15.0. The maximum absolute atomic E-state index is 13.0. The van der Waals surface area contributed by atoms with Crippen LogP contribution in [0.5, 0.6) is 0 Å². The molecule has 0 bridgehead atoms. The van der Waals surface area contributed by atoms with E-state index in [2.05, 4.69) is 5.32 Å². The molecule has 1 saturated heterocycles. The number of carbonyl (C=O) groups excluding carboxylic acids is 2. The van der Waals surface area contributed by atoms with Crippen molar-refractivity contribution in [3.05, 3.63) is 94.5 Å². The first kappa shape index (κ1) is 20.9. The number of amides is 3. The number of hydrogen-bond acceptors (Lipinski definition) is 2. The van der Waals surface area contributed by atoms with Gasteiger partial charge in [-0.1, -0.05) is 41.9 Å². The van der Waals surface area contributed by atoms with Gasteiger partial charge in [0.05, 0.1) is 0 Å². The zero-order valence-electron chi connectivity index (χ0n) is 17.3. The lowest BCUT2D eigenvalue weighted by Gasteiger charge is -2.35. The van der Waals surface area contributed by atoms with E-state index in [4.69, 9.17) is 11.6 Å². The van der Waals surface area contributed by atoms with Gasteiger partial charge in [-0.25, -0.2) is 4.79 Å². The van der Waals surface area contributed by atoms with E-state index in [0.29, 0.717) is 35.9 Å². The van der Waals surface area contributed by atoms with Crippen LogP contribution in [-0.4, -0.2) is 29.9 Å². The molecule has 0 radical (unpaired) electrons. The van der Waals surface area contributed by atoms with Crippen molar-refractivity contribution < 1.29 is 9.59 Å². The molecule has 0 saturated carbocycles. The molecule has 3 aromatic rings. The molecule has 6 heteroatoms. The van der Waals surface area contributed by atoms with Gasteiger partial charge in [0.15, 0.2) is 0 Å². The Balaban J connectivity index is 1.44. The van der Waals surface area contributed by atoms with Gasteiger partial charge in [0.25, 0.3) is 5.91 Å². The highest BCUT2D eigenvalue weighted by atomic mass is 35.5. The van der Waals surface area contributed by atoms with Gasteiger partial charge in [0.1, 0.15) is 0 Å². The van der Waals surface area contributed by atoms with Crippen LogP contribution in [0, 0.1) is 6.92 Å². The van der Waals surface area contributed by atoms with Gasteiger partial charge in [0, 0.05) is 41.6 Å². The molecule has 1 aliphatic heterocycles. The Bertz CT molecular complexity index is 1100. The molecule has 1 aliphatic rings. The van der Waals surface area contributed by atoms with Crippen LogP contribution in [0.3, 0.4) is 0 Å². The number of urea groups is 1. The number of benzene rings is 3. The predicted molar refractivity (Wildman–Crippen MR) is 125 cm³/mol. The van der Waals surface area contributed by atoms with Gasteiger partial charge >= 0.3 is 6.03 Å². The first-order valence-electron chi connectivity index (χ1n) is 10.3. The molecule has 0 spiro atoms. The summed E-state index contributed by atoms with van der Waals surface area (Å²) < 4.78 is 0. The number of nitrogens with zero attached hydrogens (tertiary/aromatic N) is 2. The van der Waals surface area contributed by atoms with Crippen molar-refractivity contribution in [2.45, 2.75) is 19.9 Å². The summed E-state index contributed by atoms with van der Waals surface area (Å²) >= 11 is 6.08. The van der Waals surface area contributed by atoms with E-state index >= 15 is 0 Å². The van der Waals surface area contributed by atoms with Crippen molar-refractivity contribution in [1.82, 2.24) is 4.90 Å². The SMILES string of the molecule is Cc1ccccc1C(=O)Nc1ccc(N2CCCN(Cc3cccc(Cl)c3)C2=O)cc1. The van der Waals surface area contributed by atoms with Gasteiger partial charge in [-0.2, -0.15) is 0 Å². The van der Waals surface area contributed by atoms with Crippen molar-refractivity contribution in [2.75, 3.05) is 23.3 Å². The van der Waals surface area contributed by atoms with E-state index in [9.17, 15) is 9.59 Å². The van der Waals surface area contributed by atoms with Gasteiger partial charge in [0.2, 0.25) is 0 Å². The van der Waals surface area contributed by atoms with Crippen molar-refractivity contribution in [1.29, 1.82) is 0 Å². The fourth-order valence-electron chi connectivity index (χ4n) is 3.77. The third-order valence-electron chi connectivity index (χ3n) is 5.40. The number of rotatable bonds is 5. The quantitative estimate of drug-likeness (QED) is 0.558. The van der Waals surface area contributed by atoms with Crippen LogP contribution < -0.4 is 10.2 Å². The zero-order chi connectivity index (χ0) is 21.8. The van der Waals surface area contributed by atoms with Crippen LogP contribution in [0.15, 0.2) is 72.8 Å². The fourth-order valence-corrected chi connectivity index (χ4v) is 3.99. The monoisotopic (exact) mass is 433 g/mol. The summed E-state index contributed by atoms with van der Waals surface area (Å²) in [5.74, 6) is -0.146. The third kappa shape index (κ3) is 4.89. The number of hydrogen-bond donors (Lipinski definition) is 1. The second kappa shape index (κ2) is 9.23. The summed E-state index contributed by atoms with van der Waals surface area (Å²) in [6.45, 7) is 3.82. The van der Waals surface area contributed by atoms with Crippen LogP contribution in [-0.2, 0) is 6.54 Å².